The molecule has 0 bridgehead atoms. The fraction of sp³-hybridized carbons (Fsp3) is 0.929. The van der Waals surface area contributed by atoms with Gasteiger partial charge < -0.3 is 5.32 Å². The monoisotopic (exact) mass is 240 g/mol. The Kier molecular flexibility index (Phi) is 6.56. The van der Waals surface area contributed by atoms with Crippen molar-refractivity contribution in [3.63, 3.8) is 0 Å². The minimum absolute atomic E-state index is 0.121. The molecular weight excluding hydrogens is 212 g/mol. The first-order chi connectivity index (χ1) is 8.19. The van der Waals surface area contributed by atoms with Crippen molar-refractivity contribution in [3.8, 4) is 0 Å². The Morgan fingerprint density at radius 1 is 1.35 bits per heavy atom. The summed E-state index contributed by atoms with van der Waals surface area (Å²) in [4.78, 5) is 14.3. The van der Waals surface area contributed by atoms with E-state index in [1.807, 2.05) is 0 Å². The summed E-state index contributed by atoms with van der Waals surface area (Å²) in [5.74, 6) is 0.250. The van der Waals surface area contributed by atoms with Gasteiger partial charge in [-0.15, -0.1) is 0 Å². The van der Waals surface area contributed by atoms with Gasteiger partial charge in [0.1, 0.15) is 0 Å². The maximum Gasteiger partial charge on any atom is 0.237 e. The van der Waals surface area contributed by atoms with Crippen LogP contribution in [-0.2, 0) is 4.79 Å². The molecule has 3 heteroatoms. The summed E-state index contributed by atoms with van der Waals surface area (Å²) in [6.07, 6.45) is 7.99. The van der Waals surface area contributed by atoms with E-state index in [2.05, 4.69) is 31.1 Å². The summed E-state index contributed by atoms with van der Waals surface area (Å²) in [7, 11) is 2.05. The Morgan fingerprint density at radius 2 is 2.12 bits per heavy atom. The van der Waals surface area contributed by atoms with Crippen LogP contribution < -0.4 is 5.32 Å². The van der Waals surface area contributed by atoms with E-state index in [1.165, 1.54) is 12.8 Å². The zero-order valence-corrected chi connectivity index (χ0v) is 11.7. The quantitative estimate of drug-likeness (QED) is 0.742. The smallest absolute Gasteiger partial charge is 0.237 e. The number of hydrogen-bond donors (Lipinski definition) is 1. The largest absolute Gasteiger partial charge is 0.352 e. The van der Waals surface area contributed by atoms with Crippen LogP contribution in [0.25, 0.3) is 0 Å². The van der Waals surface area contributed by atoms with Crippen molar-refractivity contribution < 1.29 is 4.79 Å². The molecule has 0 aromatic carbocycles. The first-order valence-corrected chi connectivity index (χ1v) is 7.19. The molecule has 17 heavy (non-hydrogen) atoms. The lowest BCUT2D eigenvalue weighted by Gasteiger charge is -2.23. The molecule has 100 valence electrons. The first-order valence-electron chi connectivity index (χ1n) is 7.19. The normalized spacial score (nSPS) is 22.6. The van der Waals surface area contributed by atoms with Crippen LogP contribution in [0.15, 0.2) is 0 Å². The summed E-state index contributed by atoms with van der Waals surface area (Å²) in [6, 6.07) is 0.512. The number of hydrogen-bond acceptors (Lipinski definition) is 2. The molecule has 0 aromatic heterocycles. The first kappa shape index (κ1) is 14.5. The Balaban J connectivity index is 2.39. The number of nitrogens with zero attached hydrogens (tertiary/aromatic N) is 1. The van der Waals surface area contributed by atoms with E-state index in [0.717, 1.165) is 38.6 Å². The number of nitrogens with one attached hydrogen (secondary N) is 1. The van der Waals surface area contributed by atoms with Gasteiger partial charge in [-0.2, -0.15) is 0 Å². The molecule has 3 nitrogen and oxygen atoms in total. The van der Waals surface area contributed by atoms with Gasteiger partial charge in [0.2, 0.25) is 5.91 Å². The van der Waals surface area contributed by atoms with Crippen molar-refractivity contribution in [2.75, 3.05) is 13.6 Å². The van der Waals surface area contributed by atoms with Crippen LogP contribution in [0.3, 0.4) is 0 Å². The van der Waals surface area contributed by atoms with E-state index in [4.69, 9.17) is 0 Å². The molecule has 0 saturated carbocycles. The third kappa shape index (κ3) is 4.66. The predicted molar refractivity (Wildman–Crippen MR) is 72.0 cm³/mol. The lowest BCUT2D eigenvalue weighted by Crippen LogP contribution is -2.45. The van der Waals surface area contributed by atoms with Crippen LogP contribution in [0.2, 0.25) is 0 Å². The van der Waals surface area contributed by atoms with Crippen LogP contribution in [0, 0.1) is 0 Å². The van der Waals surface area contributed by atoms with Crippen molar-refractivity contribution in [1.29, 1.82) is 0 Å². The zero-order valence-electron chi connectivity index (χ0n) is 11.7. The fourth-order valence-electron chi connectivity index (χ4n) is 2.63. The molecule has 1 heterocycles. The standard InChI is InChI=1S/C14H28N2O/c1-4-6-9-12(8-5-2)15-14(17)13-10-7-11-16(13)3/h12-13H,4-11H2,1-3H3,(H,15,17). The molecule has 0 aliphatic carbocycles. The molecular formula is C14H28N2O. The van der Waals surface area contributed by atoms with E-state index in [9.17, 15) is 4.79 Å². The second-order valence-electron chi connectivity index (χ2n) is 5.28. The van der Waals surface area contributed by atoms with Crippen LogP contribution in [0.1, 0.15) is 58.8 Å². The van der Waals surface area contributed by atoms with Gasteiger partial charge in [0, 0.05) is 6.04 Å². The summed E-state index contributed by atoms with van der Waals surface area (Å²) in [5, 5.41) is 3.24. The summed E-state index contributed by atoms with van der Waals surface area (Å²) >= 11 is 0. The number of likely N-dealkylation sites (tertiary alicyclic amines) is 1. The third-order valence-corrected chi connectivity index (χ3v) is 3.71. The van der Waals surface area contributed by atoms with Crippen LogP contribution in [0.4, 0.5) is 0 Å². The minimum Gasteiger partial charge on any atom is -0.352 e. The molecule has 1 rings (SSSR count). The van der Waals surface area contributed by atoms with E-state index in [0.29, 0.717) is 6.04 Å². The van der Waals surface area contributed by atoms with Crippen molar-refractivity contribution >= 4 is 5.91 Å². The van der Waals surface area contributed by atoms with Gasteiger partial charge in [-0.3, -0.25) is 9.69 Å². The lowest BCUT2D eigenvalue weighted by atomic mass is 10.0. The second kappa shape index (κ2) is 7.70. The Bertz CT molecular complexity index is 230. The Labute approximate surface area is 106 Å². The summed E-state index contributed by atoms with van der Waals surface area (Å²) < 4.78 is 0. The average Bonchev–Trinajstić information content (AvgIpc) is 2.72. The number of rotatable bonds is 7. The van der Waals surface area contributed by atoms with Gasteiger partial charge >= 0.3 is 0 Å². The van der Waals surface area contributed by atoms with Gasteiger partial charge in [-0.05, 0) is 39.3 Å². The molecule has 1 aliphatic rings. The van der Waals surface area contributed by atoms with E-state index in [1.54, 1.807) is 0 Å². The molecule has 0 spiro atoms. The van der Waals surface area contributed by atoms with Gasteiger partial charge in [-0.1, -0.05) is 33.1 Å². The molecule has 2 unspecified atom stereocenters. The van der Waals surface area contributed by atoms with Crippen molar-refractivity contribution in [3.05, 3.63) is 0 Å². The van der Waals surface area contributed by atoms with Gasteiger partial charge in [0.05, 0.1) is 6.04 Å². The summed E-state index contributed by atoms with van der Waals surface area (Å²) in [5.41, 5.74) is 0. The van der Waals surface area contributed by atoms with Crippen molar-refractivity contribution in [2.45, 2.75) is 70.9 Å². The third-order valence-electron chi connectivity index (χ3n) is 3.71. The molecule has 1 amide bonds. The highest BCUT2D eigenvalue weighted by Crippen LogP contribution is 2.16. The van der Waals surface area contributed by atoms with Crippen LogP contribution in [0.5, 0.6) is 0 Å². The molecule has 0 radical (unpaired) electrons. The Morgan fingerprint density at radius 3 is 2.65 bits per heavy atom. The van der Waals surface area contributed by atoms with Gasteiger partial charge in [-0.25, -0.2) is 0 Å². The number of likely N-dealkylation sites (N-methyl/N-ethyl adjacent to an activating group) is 1. The molecule has 1 N–H and O–H groups in total. The number of carbonyl (C=O) groups is 1. The topological polar surface area (TPSA) is 32.3 Å². The minimum atomic E-state index is 0.121. The van der Waals surface area contributed by atoms with Gasteiger partial charge in [0.25, 0.3) is 0 Å². The highest BCUT2D eigenvalue weighted by atomic mass is 16.2. The lowest BCUT2D eigenvalue weighted by molar-refractivity contribution is -0.125. The van der Waals surface area contributed by atoms with E-state index >= 15 is 0 Å². The van der Waals surface area contributed by atoms with Crippen molar-refractivity contribution in [1.82, 2.24) is 10.2 Å². The molecule has 1 saturated heterocycles. The summed E-state index contributed by atoms with van der Waals surface area (Å²) in [6.45, 7) is 5.45. The van der Waals surface area contributed by atoms with Crippen LogP contribution in [-0.4, -0.2) is 36.5 Å². The molecule has 1 aliphatic heterocycles. The highest BCUT2D eigenvalue weighted by Gasteiger charge is 2.28. The maximum absolute atomic E-state index is 12.2. The SMILES string of the molecule is CCCCC(CCC)NC(=O)C1CCCN1C. The number of amides is 1. The van der Waals surface area contributed by atoms with E-state index in [-0.39, 0.29) is 11.9 Å². The van der Waals surface area contributed by atoms with E-state index < -0.39 is 0 Å². The number of unbranched alkanes of at least 4 members (excludes halogenated alkanes) is 1. The molecule has 1 fully saturated rings. The average molecular weight is 240 g/mol. The zero-order chi connectivity index (χ0) is 12.7. The van der Waals surface area contributed by atoms with Gasteiger partial charge in [0.15, 0.2) is 0 Å². The highest BCUT2D eigenvalue weighted by molar-refractivity contribution is 5.82. The van der Waals surface area contributed by atoms with Crippen LogP contribution >= 0.6 is 0 Å². The molecule has 0 aromatic rings. The Hall–Kier alpha value is -0.570. The maximum atomic E-state index is 12.2. The second-order valence-corrected chi connectivity index (χ2v) is 5.28. The number of carbonyl (C=O) groups excluding carboxylic acids is 1. The fourth-order valence-corrected chi connectivity index (χ4v) is 2.63. The predicted octanol–water partition coefficient (Wildman–Crippen LogP) is 2.56. The molecule has 2 atom stereocenters. The van der Waals surface area contributed by atoms with Crippen molar-refractivity contribution in [2.24, 2.45) is 0 Å².